The topological polar surface area (TPSA) is 141 Å². The highest BCUT2D eigenvalue weighted by Gasteiger charge is 2.39. The van der Waals surface area contributed by atoms with Crippen molar-refractivity contribution in [1.29, 1.82) is 0 Å². The van der Waals surface area contributed by atoms with Crippen molar-refractivity contribution in [3.8, 4) is 0 Å². The number of halogens is 2. The Balaban J connectivity index is 0.00000321. The van der Waals surface area contributed by atoms with E-state index >= 15 is 0 Å². The minimum atomic E-state index is -0.486. The van der Waals surface area contributed by atoms with Crippen molar-refractivity contribution in [2.45, 2.75) is 64.5 Å². The molecule has 2 N–H and O–H groups in total. The Kier molecular flexibility index (Phi) is 15.3. The fourth-order valence-electron chi connectivity index (χ4n) is 8.28. The predicted octanol–water partition coefficient (Wildman–Crippen LogP) is -0.325. The highest BCUT2D eigenvalue weighted by atomic mass is 79.9. The zero-order valence-electron chi connectivity index (χ0n) is 34.3. The van der Waals surface area contributed by atoms with Gasteiger partial charge >= 0.3 is 0 Å². The van der Waals surface area contributed by atoms with E-state index in [0.29, 0.717) is 49.5 Å². The molecule has 0 radical (unpaired) electrons. The van der Waals surface area contributed by atoms with E-state index in [9.17, 15) is 28.8 Å². The van der Waals surface area contributed by atoms with Crippen LogP contribution in [0.1, 0.15) is 92.8 Å². The molecule has 0 bridgehead atoms. The lowest BCUT2D eigenvalue weighted by Gasteiger charge is -2.32. The Bertz CT molecular complexity index is 2440. The third-order valence-corrected chi connectivity index (χ3v) is 11.5. The molecule has 320 valence electrons. The summed E-state index contributed by atoms with van der Waals surface area (Å²) in [7, 11) is 0. The van der Waals surface area contributed by atoms with Crippen LogP contribution in [0.15, 0.2) is 110 Å². The number of unbranched alkanes of at least 4 members (excludes halogenated alkanes) is 2. The van der Waals surface area contributed by atoms with Crippen LogP contribution in [0.2, 0.25) is 0 Å². The first kappa shape index (κ1) is 45.7. The van der Waals surface area contributed by atoms with E-state index < -0.39 is 23.6 Å². The first-order chi connectivity index (χ1) is 29.3. The van der Waals surface area contributed by atoms with Gasteiger partial charge in [0, 0.05) is 108 Å². The van der Waals surface area contributed by atoms with Crippen molar-refractivity contribution in [2.75, 3.05) is 26.2 Å². The summed E-state index contributed by atoms with van der Waals surface area (Å²) in [6, 6.07) is 26.8. The molecule has 6 amide bonds. The lowest BCUT2D eigenvalue weighted by Crippen LogP contribution is -3.00. The molecule has 0 saturated carbocycles. The fourth-order valence-corrected chi connectivity index (χ4v) is 8.28. The van der Waals surface area contributed by atoms with E-state index in [1.54, 1.807) is 24.3 Å². The Morgan fingerprint density at radius 2 is 0.806 bits per heavy atom. The minimum Gasteiger partial charge on any atom is -1.00 e. The molecule has 2 aliphatic rings. The molecule has 0 saturated heterocycles. The van der Waals surface area contributed by atoms with Crippen LogP contribution in [0, 0.1) is 0 Å². The number of aromatic nitrogens is 2. The Labute approximate surface area is 380 Å². The molecule has 4 aromatic carbocycles. The average Bonchev–Trinajstić information content (AvgIpc) is 3.27. The Morgan fingerprint density at radius 3 is 1.18 bits per heavy atom. The van der Waals surface area contributed by atoms with E-state index in [1.165, 1.54) is 20.6 Å². The zero-order chi connectivity index (χ0) is 41.6. The third kappa shape index (κ3) is 9.92. The quantitative estimate of drug-likeness (QED) is 0.0689. The SMILES string of the molecule is O=C(CCCCN1C(=O)c2ccc3c4c(ccc(c24)C1=O)C(=O)N(CCCCC(=O)NCCC[n+]1ccc2ccccc2c1)C3=O)NCCC[n+]1ccc2ccccc2c1.[Br-].[Br-]. The van der Waals surface area contributed by atoms with Gasteiger partial charge in [0.05, 0.1) is 0 Å². The van der Waals surface area contributed by atoms with Gasteiger partial charge < -0.3 is 44.6 Å². The normalized spacial score (nSPS) is 13.0. The standard InChI is InChI=1S/C48H46N6O6.2BrH/c55-41(49-23-9-25-51-29-21-33-11-1-3-13-35(33)31-51)15-5-7-27-53-45(57)37-17-19-39-44-40(20-18-38(43(37)44)46(53)58)48(60)54(47(39)59)28-8-6-16-42(56)50-24-10-26-52-30-22-34-12-2-4-14-36(34)32-52;;/h1-4,11-14,17-22,29-32H,5-10,15-16,23-28H2;2*1H. The van der Waals surface area contributed by atoms with Crippen LogP contribution in [0.3, 0.4) is 0 Å². The van der Waals surface area contributed by atoms with Gasteiger partial charge in [-0.05, 0) is 72.9 Å². The molecule has 0 fully saturated rings. The van der Waals surface area contributed by atoms with Crippen LogP contribution in [0.5, 0.6) is 0 Å². The molecular formula is C48H48Br2N6O6. The Hall–Kier alpha value is -5.86. The predicted molar refractivity (Wildman–Crippen MR) is 226 cm³/mol. The van der Waals surface area contributed by atoms with Crippen LogP contribution in [0.4, 0.5) is 0 Å². The third-order valence-electron chi connectivity index (χ3n) is 11.5. The number of benzene rings is 4. The molecule has 0 aliphatic carbocycles. The molecule has 4 heterocycles. The molecule has 14 heteroatoms. The zero-order valence-corrected chi connectivity index (χ0v) is 37.5. The molecular weight excluding hydrogens is 916 g/mol. The molecule has 0 spiro atoms. The molecule has 2 aliphatic heterocycles. The van der Waals surface area contributed by atoms with Gasteiger partial charge in [0.1, 0.15) is 13.1 Å². The van der Waals surface area contributed by atoms with E-state index in [0.717, 1.165) is 36.7 Å². The molecule has 62 heavy (non-hydrogen) atoms. The van der Waals surface area contributed by atoms with E-state index in [1.807, 2.05) is 36.7 Å². The summed E-state index contributed by atoms with van der Waals surface area (Å²) in [5.74, 6) is -2.10. The molecule has 2 aromatic heterocycles. The summed E-state index contributed by atoms with van der Waals surface area (Å²) in [5, 5.41) is 11.3. The molecule has 0 atom stereocenters. The number of amides is 6. The van der Waals surface area contributed by atoms with Crippen LogP contribution in [-0.2, 0) is 22.7 Å². The maximum Gasteiger partial charge on any atom is 0.261 e. The summed E-state index contributed by atoms with van der Waals surface area (Å²) in [6.45, 7) is 2.92. The van der Waals surface area contributed by atoms with Gasteiger partial charge in [-0.3, -0.25) is 38.6 Å². The number of rotatable bonds is 18. The van der Waals surface area contributed by atoms with Gasteiger partial charge in [0.25, 0.3) is 23.6 Å². The molecule has 0 unspecified atom stereocenters. The van der Waals surface area contributed by atoms with Gasteiger partial charge in [0.15, 0.2) is 24.8 Å². The van der Waals surface area contributed by atoms with Gasteiger partial charge in [-0.15, -0.1) is 0 Å². The second kappa shape index (κ2) is 20.8. The maximum atomic E-state index is 13.7. The van der Waals surface area contributed by atoms with Crippen molar-refractivity contribution < 1.29 is 71.9 Å². The molecule has 8 rings (SSSR count). The first-order valence-electron chi connectivity index (χ1n) is 20.9. The summed E-state index contributed by atoms with van der Waals surface area (Å²) < 4.78 is 4.22. The monoisotopic (exact) mass is 962 g/mol. The minimum absolute atomic E-state index is 0. The van der Waals surface area contributed by atoms with Gasteiger partial charge in [0.2, 0.25) is 11.8 Å². The average molecular weight is 965 g/mol. The second-order valence-corrected chi connectivity index (χ2v) is 15.5. The van der Waals surface area contributed by atoms with Gasteiger partial charge in [-0.2, -0.15) is 0 Å². The number of pyridine rings is 2. The largest absolute Gasteiger partial charge is 1.00 e. The second-order valence-electron chi connectivity index (χ2n) is 15.5. The van der Waals surface area contributed by atoms with Crippen molar-refractivity contribution in [3.63, 3.8) is 0 Å². The maximum absolute atomic E-state index is 13.7. The lowest BCUT2D eigenvalue weighted by molar-refractivity contribution is -0.695. The lowest BCUT2D eigenvalue weighted by atomic mass is 9.86. The van der Waals surface area contributed by atoms with Crippen LogP contribution in [0.25, 0.3) is 32.3 Å². The number of nitrogens with zero attached hydrogens (tertiary/aromatic N) is 4. The number of hydrogen-bond acceptors (Lipinski definition) is 6. The Morgan fingerprint density at radius 1 is 0.452 bits per heavy atom. The van der Waals surface area contributed by atoms with E-state index in [4.69, 9.17) is 0 Å². The number of carbonyl (C=O) groups is 6. The number of imide groups is 2. The highest BCUT2D eigenvalue weighted by Crippen LogP contribution is 2.38. The molecule has 6 aromatic rings. The number of aryl methyl sites for hydroxylation is 2. The highest BCUT2D eigenvalue weighted by molar-refractivity contribution is 6.33. The van der Waals surface area contributed by atoms with Crippen LogP contribution in [-0.4, -0.2) is 71.4 Å². The fraction of sp³-hybridized carbons (Fsp3) is 0.292. The van der Waals surface area contributed by atoms with E-state index in [2.05, 4.69) is 68.6 Å². The van der Waals surface area contributed by atoms with Crippen molar-refractivity contribution in [1.82, 2.24) is 20.4 Å². The first-order valence-corrected chi connectivity index (χ1v) is 20.9. The van der Waals surface area contributed by atoms with Crippen molar-refractivity contribution in [2.24, 2.45) is 0 Å². The van der Waals surface area contributed by atoms with Gasteiger partial charge in [-0.1, -0.05) is 36.4 Å². The summed E-state index contributed by atoms with van der Waals surface area (Å²) in [6.07, 6.45) is 12.3. The number of carbonyl (C=O) groups excluding carboxylic acids is 6. The van der Waals surface area contributed by atoms with Crippen LogP contribution >= 0.6 is 0 Å². The van der Waals surface area contributed by atoms with Crippen LogP contribution < -0.4 is 53.7 Å². The molecule has 12 nitrogen and oxygen atoms in total. The van der Waals surface area contributed by atoms with Crippen molar-refractivity contribution in [3.05, 3.63) is 132 Å². The summed E-state index contributed by atoms with van der Waals surface area (Å²) in [5.41, 5.74) is 1.07. The van der Waals surface area contributed by atoms with Gasteiger partial charge in [-0.25, -0.2) is 9.13 Å². The van der Waals surface area contributed by atoms with Crippen molar-refractivity contribution >= 4 is 67.8 Å². The smallest absolute Gasteiger partial charge is 0.261 e. The number of fused-ring (bicyclic) bond motifs is 2. The summed E-state index contributed by atoms with van der Waals surface area (Å²) in [4.78, 5) is 82.2. The summed E-state index contributed by atoms with van der Waals surface area (Å²) >= 11 is 0. The number of hydrogen-bond donors (Lipinski definition) is 2. The number of nitrogens with one attached hydrogen (secondary N) is 2. The van der Waals surface area contributed by atoms with E-state index in [-0.39, 0.29) is 94.0 Å².